The minimum absolute atomic E-state index is 0.202. The molecule has 0 spiro atoms. The lowest BCUT2D eigenvalue weighted by atomic mass is 10.2. The van der Waals surface area contributed by atoms with Gasteiger partial charge in [0, 0.05) is 31.7 Å². The summed E-state index contributed by atoms with van der Waals surface area (Å²) in [5.74, 6) is 0.989. The number of nitrogens with zero attached hydrogens (tertiary/aromatic N) is 2. The molecule has 0 saturated carbocycles. The molecule has 0 aliphatic carbocycles. The summed E-state index contributed by atoms with van der Waals surface area (Å²) >= 11 is 0. The van der Waals surface area contributed by atoms with Crippen LogP contribution in [-0.2, 0) is 0 Å². The lowest BCUT2D eigenvalue weighted by Gasteiger charge is -2.29. The topological polar surface area (TPSA) is 66.5 Å². The van der Waals surface area contributed by atoms with Crippen molar-refractivity contribution in [3.8, 4) is 5.75 Å². The van der Waals surface area contributed by atoms with E-state index in [0.29, 0.717) is 17.1 Å². The van der Waals surface area contributed by atoms with Crippen molar-refractivity contribution in [2.24, 2.45) is 0 Å². The van der Waals surface area contributed by atoms with Crippen LogP contribution in [0.25, 0.3) is 0 Å². The van der Waals surface area contributed by atoms with E-state index >= 15 is 0 Å². The van der Waals surface area contributed by atoms with Crippen LogP contribution >= 0.6 is 0 Å². The summed E-state index contributed by atoms with van der Waals surface area (Å²) in [5.41, 5.74) is 1.61. The van der Waals surface area contributed by atoms with Crippen molar-refractivity contribution in [3.63, 3.8) is 0 Å². The number of benzene rings is 1. The quantitative estimate of drug-likeness (QED) is 0.900. The van der Waals surface area contributed by atoms with Gasteiger partial charge in [0.25, 0.3) is 5.91 Å². The Bertz CT molecular complexity index is 667. The number of pyridine rings is 1. The third-order valence-electron chi connectivity index (χ3n) is 3.80. The first-order valence-corrected chi connectivity index (χ1v) is 7.63. The number of anilines is 2. The van der Waals surface area contributed by atoms with Gasteiger partial charge < -0.3 is 20.3 Å². The van der Waals surface area contributed by atoms with Crippen LogP contribution in [0, 0.1) is 0 Å². The Hall–Kier alpha value is -2.60. The van der Waals surface area contributed by atoms with E-state index in [0.717, 1.165) is 31.9 Å². The van der Waals surface area contributed by atoms with Gasteiger partial charge in [-0.3, -0.25) is 4.79 Å². The van der Waals surface area contributed by atoms with Crippen LogP contribution in [0.5, 0.6) is 5.75 Å². The smallest absolute Gasteiger partial charge is 0.256 e. The number of rotatable bonds is 4. The van der Waals surface area contributed by atoms with Crippen LogP contribution in [0.15, 0.2) is 42.6 Å². The molecule has 6 heteroatoms. The molecule has 120 valence electrons. The molecule has 23 heavy (non-hydrogen) atoms. The largest absolute Gasteiger partial charge is 0.497 e. The zero-order valence-electron chi connectivity index (χ0n) is 13.1. The molecule has 3 rings (SSSR count). The van der Waals surface area contributed by atoms with E-state index < -0.39 is 0 Å². The summed E-state index contributed by atoms with van der Waals surface area (Å²) in [6.45, 7) is 3.90. The lowest BCUT2D eigenvalue weighted by molar-refractivity contribution is 0.102. The molecule has 1 aliphatic rings. The standard InChI is InChI=1S/C17H20N4O2/c1-23-15-4-2-3-13(11-15)17(22)20-16-6-5-14(12-19-16)21-9-7-18-8-10-21/h2-6,11-12,18H,7-10H2,1H3,(H,19,20,22). The van der Waals surface area contributed by atoms with Gasteiger partial charge in [-0.25, -0.2) is 4.98 Å². The first-order chi connectivity index (χ1) is 11.3. The van der Waals surface area contributed by atoms with Crippen molar-refractivity contribution in [2.75, 3.05) is 43.5 Å². The Morgan fingerprint density at radius 1 is 1.26 bits per heavy atom. The maximum atomic E-state index is 12.2. The van der Waals surface area contributed by atoms with E-state index in [-0.39, 0.29) is 5.91 Å². The molecular formula is C17H20N4O2. The molecule has 1 amide bonds. The molecule has 0 bridgehead atoms. The van der Waals surface area contributed by atoms with Crippen molar-refractivity contribution < 1.29 is 9.53 Å². The van der Waals surface area contributed by atoms with Crippen molar-refractivity contribution in [3.05, 3.63) is 48.2 Å². The van der Waals surface area contributed by atoms with Crippen LogP contribution in [0.3, 0.4) is 0 Å². The Labute approximate surface area is 135 Å². The highest BCUT2D eigenvalue weighted by Crippen LogP contribution is 2.17. The fourth-order valence-electron chi connectivity index (χ4n) is 2.52. The number of amides is 1. The van der Waals surface area contributed by atoms with Crippen molar-refractivity contribution in [1.82, 2.24) is 10.3 Å². The monoisotopic (exact) mass is 312 g/mol. The highest BCUT2D eigenvalue weighted by atomic mass is 16.5. The van der Waals surface area contributed by atoms with Crippen LogP contribution in [0.1, 0.15) is 10.4 Å². The van der Waals surface area contributed by atoms with Crippen molar-refractivity contribution in [1.29, 1.82) is 0 Å². The number of nitrogens with one attached hydrogen (secondary N) is 2. The van der Waals surface area contributed by atoms with Crippen molar-refractivity contribution >= 4 is 17.4 Å². The second-order valence-corrected chi connectivity index (χ2v) is 5.32. The molecule has 2 aromatic rings. The Morgan fingerprint density at radius 2 is 2.09 bits per heavy atom. The van der Waals surface area contributed by atoms with Gasteiger partial charge in [0.2, 0.25) is 0 Å². The number of carbonyl (C=O) groups is 1. The van der Waals surface area contributed by atoms with E-state index in [4.69, 9.17) is 4.74 Å². The fourth-order valence-corrected chi connectivity index (χ4v) is 2.52. The minimum atomic E-state index is -0.202. The molecule has 1 aromatic carbocycles. The van der Waals surface area contributed by atoms with E-state index in [9.17, 15) is 4.79 Å². The number of carbonyl (C=O) groups excluding carboxylic acids is 1. The summed E-state index contributed by atoms with van der Waals surface area (Å²) in [7, 11) is 1.58. The van der Waals surface area contributed by atoms with E-state index in [1.165, 1.54) is 0 Å². The number of hydrogen-bond donors (Lipinski definition) is 2. The van der Waals surface area contributed by atoms with E-state index in [1.807, 2.05) is 12.1 Å². The summed E-state index contributed by atoms with van der Waals surface area (Å²) < 4.78 is 5.13. The number of methoxy groups -OCH3 is 1. The fraction of sp³-hybridized carbons (Fsp3) is 0.294. The predicted octanol–water partition coefficient (Wildman–Crippen LogP) is 1.75. The third kappa shape index (κ3) is 3.78. The average Bonchev–Trinajstić information content (AvgIpc) is 2.63. The molecule has 1 aromatic heterocycles. The lowest BCUT2D eigenvalue weighted by Crippen LogP contribution is -2.43. The van der Waals surface area contributed by atoms with Gasteiger partial charge in [0.05, 0.1) is 19.0 Å². The van der Waals surface area contributed by atoms with Gasteiger partial charge in [0.1, 0.15) is 11.6 Å². The molecule has 1 saturated heterocycles. The average molecular weight is 312 g/mol. The van der Waals surface area contributed by atoms with Gasteiger partial charge >= 0.3 is 0 Å². The zero-order chi connectivity index (χ0) is 16.1. The van der Waals surface area contributed by atoms with Crippen LogP contribution in [-0.4, -0.2) is 44.2 Å². The Morgan fingerprint density at radius 3 is 2.78 bits per heavy atom. The van der Waals surface area contributed by atoms with Crippen molar-refractivity contribution in [2.45, 2.75) is 0 Å². The van der Waals surface area contributed by atoms with Crippen LogP contribution in [0.2, 0.25) is 0 Å². The molecule has 2 heterocycles. The highest BCUT2D eigenvalue weighted by Gasteiger charge is 2.12. The SMILES string of the molecule is COc1cccc(C(=O)Nc2ccc(N3CCNCC3)cn2)c1. The second kappa shape index (κ2) is 7.11. The first-order valence-electron chi connectivity index (χ1n) is 7.63. The molecule has 6 nitrogen and oxygen atoms in total. The normalized spacial score (nSPS) is 14.4. The Balaban J connectivity index is 1.66. The van der Waals surface area contributed by atoms with Crippen LogP contribution < -0.4 is 20.3 Å². The van der Waals surface area contributed by atoms with E-state index in [2.05, 4.69) is 20.5 Å². The van der Waals surface area contributed by atoms with Gasteiger partial charge in [-0.1, -0.05) is 6.07 Å². The molecule has 1 aliphatic heterocycles. The summed E-state index contributed by atoms with van der Waals surface area (Å²) in [6.07, 6.45) is 1.80. The van der Waals surface area contributed by atoms with Gasteiger partial charge in [-0.15, -0.1) is 0 Å². The molecule has 1 fully saturated rings. The molecule has 0 radical (unpaired) electrons. The van der Waals surface area contributed by atoms with E-state index in [1.54, 1.807) is 37.6 Å². The number of aromatic nitrogens is 1. The zero-order valence-corrected chi connectivity index (χ0v) is 13.1. The maximum absolute atomic E-state index is 12.2. The number of ether oxygens (including phenoxy) is 1. The van der Waals surface area contributed by atoms with Crippen LogP contribution in [0.4, 0.5) is 11.5 Å². The highest BCUT2D eigenvalue weighted by molar-refractivity contribution is 6.04. The second-order valence-electron chi connectivity index (χ2n) is 5.32. The van der Waals surface area contributed by atoms with Gasteiger partial charge in [-0.2, -0.15) is 0 Å². The Kier molecular flexibility index (Phi) is 4.73. The van der Waals surface area contributed by atoms with Gasteiger partial charge in [-0.05, 0) is 30.3 Å². The molecule has 0 unspecified atom stereocenters. The molecular weight excluding hydrogens is 292 g/mol. The molecule has 0 atom stereocenters. The number of piperazine rings is 1. The maximum Gasteiger partial charge on any atom is 0.256 e. The predicted molar refractivity (Wildman–Crippen MR) is 90.3 cm³/mol. The molecule has 2 N–H and O–H groups in total. The first kappa shape index (κ1) is 15.3. The minimum Gasteiger partial charge on any atom is -0.497 e. The summed E-state index contributed by atoms with van der Waals surface area (Å²) in [4.78, 5) is 18.9. The third-order valence-corrected chi connectivity index (χ3v) is 3.80. The summed E-state index contributed by atoms with van der Waals surface area (Å²) in [5, 5.41) is 6.12. The van der Waals surface area contributed by atoms with Gasteiger partial charge in [0.15, 0.2) is 0 Å². The summed E-state index contributed by atoms with van der Waals surface area (Å²) in [6, 6.07) is 10.8. The number of hydrogen-bond acceptors (Lipinski definition) is 5.